The summed E-state index contributed by atoms with van der Waals surface area (Å²) in [6.45, 7) is 1.28. The highest BCUT2D eigenvalue weighted by Crippen LogP contribution is 2.16. The number of carbonyl (C=O) groups excluding carboxylic acids is 1. The number of benzene rings is 1. The number of ether oxygens (including phenoxy) is 2. The number of nitrogens with zero attached hydrogens (tertiary/aromatic N) is 3. The lowest BCUT2D eigenvalue weighted by molar-refractivity contribution is -0.128. The molecule has 1 aliphatic heterocycles. The van der Waals surface area contributed by atoms with Crippen LogP contribution in [0.1, 0.15) is 18.4 Å². The van der Waals surface area contributed by atoms with Gasteiger partial charge in [-0.3, -0.25) is 4.79 Å². The van der Waals surface area contributed by atoms with Crippen molar-refractivity contribution in [3.8, 4) is 11.8 Å². The third kappa shape index (κ3) is 4.79. The summed E-state index contributed by atoms with van der Waals surface area (Å²) in [5.41, 5.74) is 0.955. The van der Waals surface area contributed by atoms with E-state index in [0.29, 0.717) is 12.6 Å². The Hall–Kier alpha value is -2.89. The molecule has 1 aromatic carbocycles. The van der Waals surface area contributed by atoms with Gasteiger partial charge in [-0.25, -0.2) is 9.97 Å². The van der Waals surface area contributed by atoms with Crippen LogP contribution in [-0.2, 0) is 4.79 Å². The van der Waals surface area contributed by atoms with Gasteiger partial charge in [0.2, 0.25) is 5.91 Å². The average molecular weight is 339 g/mol. The molecule has 2 heterocycles. The maximum absolute atomic E-state index is 12.4. The monoisotopic (exact) mass is 339 g/mol. The van der Waals surface area contributed by atoms with Crippen LogP contribution in [0.4, 0.5) is 0 Å². The van der Waals surface area contributed by atoms with Gasteiger partial charge in [-0.1, -0.05) is 12.1 Å². The first-order valence-corrected chi connectivity index (χ1v) is 8.29. The van der Waals surface area contributed by atoms with Gasteiger partial charge in [0, 0.05) is 25.0 Å². The van der Waals surface area contributed by atoms with Crippen molar-refractivity contribution in [1.82, 2.24) is 14.9 Å². The molecule has 1 atom stereocenters. The fourth-order valence-electron chi connectivity index (χ4n) is 2.72. The number of methoxy groups -OCH3 is 1. The molecule has 6 heteroatoms. The molecule has 2 aromatic rings. The number of carbonyl (C=O) groups is 1. The van der Waals surface area contributed by atoms with Crippen molar-refractivity contribution in [3.05, 3.63) is 54.4 Å². The van der Waals surface area contributed by atoms with E-state index in [2.05, 4.69) is 9.97 Å². The second kappa shape index (κ2) is 8.28. The SMILES string of the molecule is COc1ccc(C=CC(=O)N2CCCC(Oc3ncccn3)C2)cc1. The van der Waals surface area contributed by atoms with E-state index in [1.165, 1.54) is 0 Å². The summed E-state index contributed by atoms with van der Waals surface area (Å²) in [6.07, 6.45) is 8.42. The van der Waals surface area contributed by atoms with E-state index in [-0.39, 0.29) is 12.0 Å². The second-order valence-corrected chi connectivity index (χ2v) is 5.80. The van der Waals surface area contributed by atoms with Crippen molar-refractivity contribution in [2.75, 3.05) is 20.2 Å². The zero-order valence-electron chi connectivity index (χ0n) is 14.2. The van der Waals surface area contributed by atoms with Gasteiger partial charge < -0.3 is 14.4 Å². The van der Waals surface area contributed by atoms with E-state index in [1.807, 2.05) is 30.3 Å². The first kappa shape index (κ1) is 17.0. The Balaban J connectivity index is 1.56. The molecule has 1 aliphatic rings. The van der Waals surface area contributed by atoms with Crippen LogP contribution in [0, 0.1) is 0 Å². The van der Waals surface area contributed by atoms with Gasteiger partial charge in [0.25, 0.3) is 0 Å². The van der Waals surface area contributed by atoms with Crippen molar-refractivity contribution in [1.29, 1.82) is 0 Å². The minimum Gasteiger partial charge on any atom is -0.497 e. The van der Waals surface area contributed by atoms with Crippen LogP contribution in [0.25, 0.3) is 6.08 Å². The lowest BCUT2D eigenvalue weighted by Crippen LogP contribution is -2.43. The third-order valence-electron chi connectivity index (χ3n) is 4.04. The number of aromatic nitrogens is 2. The van der Waals surface area contributed by atoms with E-state index in [1.54, 1.807) is 36.5 Å². The number of piperidine rings is 1. The lowest BCUT2D eigenvalue weighted by atomic mass is 10.1. The van der Waals surface area contributed by atoms with Gasteiger partial charge in [0.1, 0.15) is 11.9 Å². The quantitative estimate of drug-likeness (QED) is 0.784. The van der Waals surface area contributed by atoms with E-state index >= 15 is 0 Å². The molecule has 1 amide bonds. The standard InChI is InChI=1S/C19H21N3O3/c1-24-16-8-5-15(6-9-16)7-10-18(23)22-13-2-4-17(14-22)25-19-20-11-3-12-21-19/h3,5-12,17H,2,4,13-14H2,1H3. The molecule has 3 rings (SSSR count). The smallest absolute Gasteiger partial charge is 0.316 e. The van der Waals surface area contributed by atoms with Gasteiger partial charge in [-0.2, -0.15) is 0 Å². The normalized spacial score (nSPS) is 17.5. The highest BCUT2D eigenvalue weighted by Gasteiger charge is 2.24. The minimum absolute atomic E-state index is 0.0156. The van der Waals surface area contributed by atoms with Gasteiger partial charge in [-0.15, -0.1) is 0 Å². The van der Waals surface area contributed by atoms with Gasteiger partial charge in [-0.05, 0) is 42.7 Å². The predicted octanol–water partition coefficient (Wildman–Crippen LogP) is 2.57. The van der Waals surface area contributed by atoms with Gasteiger partial charge in [0.05, 0.1) is 13.7 Å². The molecule has 25 heavy (non-hydrogen) atoms. The number of likely N-dealkylation sites (tertiary alicyclic amines) is 1. The Morgan fingerprint density at radius 1 is 1.24 bits per heavy atom. The highest BCUT2D eigenvalue weighted by atomic mass is 16.5. The highest BCUT2D eigenvalue weighted by molar-refractivity contribution is 5.91. The predicted molar refractivity (Wildman–Crippen MR) is 94.3 cm³/mol. The lowest BCUT2D eigenvalue weighted by Gasteiger charge is -2.31. The zero-order valence-corrected chi connectivity index (χ0v) is 14.2. The molecule has 0 N–H and O–H groups in total. The van der Waals surface area contributed by atoms with Gasteiger partial charge >= 0.3 is 6.01 Å². The fraction of sp³-hybridized carbons (Fsp3) is 0.316. The molecule has 130 valence electrons. The Labute approximate surface area is 147 Å². The van der Waals surface area contributed by atoms with Crippen LogP contribution < -0.4 is 9.47 Å². The summed E-state index contributed by atoms with van der Waals surface area (Å²) in [4.78, 5) is 22.4. The number of amides is 1. The third-order valence-corrected chi connectivity index (χ3v) is 4.04. The maximum Gasteiger partial charge on any atom is 0.316 e. The topological polar surface area (TPSA) is 64.5 Å². The summed E-state index contributed by atoms with van der Waals surface area (Å²) >= 11 is 0. The summed E-state index contributed by atoms with van der Waals surface area (Å²) in [5.74, 6) is 0.778. The minimum atomic E-state index is -0.0745. The van der Waals surface area contributed by atoms with Crippen LogP contribution in [0.3, 0.4) is 0 Å². The zero-order chi connectivity index (χ0) is 17.5. The molecule has 1 unspecified atom stereocenters. The summed E-state index contributed by atoms with van der Waals surface area (Å²) in [5, 5.41) is 0. The first-order chi connectivity index (χ1) is 12.2. The fourth-order valence-corrected chi connectivity index (χ4v) is 2.72. The summed E-state index contributed by atoms with van der Waals surface area (Å²) < 4.78 is 10.9. The van der Waals surface area contributed by atoms with E-state index in [9.17, 15) is 4.79 Å². The van der Waals surface area contributed by atoms with Crippen molar-refractivity contribution in [2.45, 2.75) is 18.9 Å². The summed E-state index contributed by atoms with van der Waals surface area (Å²) in [6, 6.07) is 9.67. The number of hydrogen-bond acceptors (Lipinski definition) is 5. The number of hydrogen-bond donors (Lipinski definition) is 0. The van der Waals surface area contributed by atoms with Crippen molar-refractivity contribution in [2.24, 2.45) is 0 Å². The van der Waals surface area contributed by atoms with Crippen LogP contribution in [0.5, 0.6) is 11.8 Å². The van der Waals surface area contributed by atoms with Crippen LogP contribution in [-0.4, -0.2) is 47.1 Å². The largest absolute Gasteiger partial charge is 0.497 e. The number of rotatable bonds is 5. The molecule has 0 saturated carbocycles. The van der Waals surface area contributed by atoms with E-state index in [0.717, 1.165) is 30.7 Å². The molecule has 1 saturated heterocycles. The Kier molecular flexibility index (Phi) is 5.61. The average Bonchev–Trinajstić information content (AvgIpc) is 2.67. The van der Waals surface area contributed by atoms with Crippen molar-refractivity contribution >= 4 is 12.0 Å². The van der Waals surface area contributed by atoms with Crippen LogP contribution in [0.2, 0.25) is 0 Å². The van der Waals surface area contributed by atoms with E-state index in [4.69, 9.17) is 9.47 Å². The molecular formula is C19H21N3O3. The molecule has 0 spiro atoms. The Morgan fingerprint density at radius 3 is 2.72 bits per heavy atom. The molecule has 0 aliphatic carbocycles. The molecule has 1 fully saturated rings. The van der Waals surface area contributed by atoms with Gasteiger partial charge in [0.15, 0.2) is 0 Å². The van der Waals surface area contributed by atoms with Crippen LogP contribution in [0.15, 0.2) is 48.8 Å². The van der Waals surface area contributed by atoms with Crippen molar-refractivity contribution < 1.29 is 14.3 Å². The molecule has 1 aromatic heterocycles. The Morgan fingerprint density at radius 2 is 2.00 bits per heavy atom. The molecule has 0 radical (unpaired) electrons. The van der Waals surface area contributed by atoms with Crippen LogP contribution >= 0.6 is 0 Å². The Bertz CT molecular complexity index is 716. The first-order valence-electron chi connectivity index (χ1n) is 8.29. The summed E-state index contributed by atoms with van der Waals surface area (Å²) in [7, 11) is 1.63. The molecule has 0 bridgehead atoms. The second-order valence-electron chi connectivity index (χ2n) is 5.80. The van der Waals surface area contributed by atoms with Crippen molar-refractivity contribution in [3.63, 3.8) is 0 Å². The van der Waals surface area contributed by atoms with E-state index < -0.39 is 0 Å². The molecule has 6 nitrogen and oxygen atoms in total. The maximum atomic E-state index is 12.4. The molecular weight excluding hydrogens is 318 g/mol.